The second kappa shape index (κ2) is 3.88. The summed E-state index contributed by atoms with van der Waals surface area (Å²) in [5.41, 5.74) is 3.51. The van der Waals surface area contributed by atoms with Crippen molar-refractivity contribution in [3.8, 4) is 11.3 Å². The van der Waals surface area contributed by atoms with Gasteiger partial charge in [-0.1, -0.05) is 18.2 Å². The topological polar surface area (TPSA) is 45.6 Å². The lowest BCUT2D eigenvalue weighted by Crippen LogP contribution is -2.00. The first kappa shape index (κ1) is 10.7. The molecule has 2 aromatic heterocycles. The fourth-order valence-electron chi connectivity index (χ4n) is 2.53. The van der Waals surface area contributed by atoms with E-state index < -0.39 is 0 Å². The summed E-state index contributed by atoms with van der Waals surface area (Å²) < 4.78 is 2.15. The van der Waals surface area contributed by atoms with Gasteiger partial charge in [0.25, 0.3) is 0 Å². The van der Waals surface area contributed by atoms with Crippen LogP contribution in [0, 0.1) is 0 Å². The molecule has 19 heavy (non-hydrogen) atoms. The van der Waals surface area contributed by atoms with Crippen LogP contribution in [-0.2, 0) is 7.05 Å². The Labute approximate surface area is 111 Å². The first-order valence-corrected chi connectivity index (χ1v) is 6.67. The van der Waals surface area contributed by atoms with E-state index in [4.69, 9.17) is 0 Å². The smallest absolute Gasteiger partial charge is 0.148 e. The van der Waals surface area contributed by atoms with Gasteiger partial charge in [0.05, 0.1) is 5.69 Å². The second-order valence-electron chi connectivity index (χ2n) is 5.26. The van der Waals surface area contributed by atoms with Crippen LogP contribution in [0.15, 0.2) is 36.5 Å². The average molecular weight is 252 g/mol. The molecule has 0 amide bonds. The summed E-state index contributed by atoms with van der Waals surface area (Å²) in [7, 11) is 2.07. The van der Waals surface area contributed by atoms with Crippen LogP contribution in [0.4, 0.5) is 5.82 Å². The van der Waals surface area contributed by atoms with Crippen molar-refractivity contribution in [1.29, 1.82) is 0 Å². The van der Waals surface area contributed by atoms with E-state index in [1.165, 1.54) is 29.3 Å². The van der Waals surface area contributed by atoms with Crippen molar-refractivity contribution in [2.45, 2.75) is 18.9 Å². The predicted molar refractivity (Wildman–Crippen MR) is 77.1 cm³/mol. The minimum atomic E-state index is 0.628. The lowest BCUT2D eigenvalue weighted by molar-refractivity contribution is 0.968. The van der Waals surface area contributed by atoms with Gasteiger partial charge in [-0.15, -0.1) is 0 Å². The van der Waals surface area contributed by atoms with Crippen LogP contribution in [0.25, 0.3) is 22.2 Å². The molecule has 1 saturated carbocycles. The highest BCUT2D eigenvalue weighted by Gasteiger charge is 2.22. The molecule has 4 nitrogen and oxygen atoms in total. The number of nitrogens with zero attached hydrogens (tertiary/aromatic N) is 2. The van der Waals surface area contributed by atoms with Crippen LogP contribution in [0.5, 0.6) is 0 Å². The van der Waals surface area contributed by atoms with E-state index in [2.05, 4.69) is 63.7 Å². The Balaban J connectivity index is 1.78. The molecule has 4 rings (SSSR count). The highest BCUT2D eigenvalue weighted by molar-refractivity contribution is 5.95. The molecular weight excluding hydrogens is 236 g/mol. The maximum atomic E-state index is 4.34. The summed E-state index contributed by atoms with van der Waals surface area (Å²) in [6, 6.07) is 11.2. The van der Waals surface area contributed by atoms with Gasteiger partial charge in [0.1, 0.15) is 5.82 Å². The van der Waals surface area contributed by atoms with Crippen LogP contribution in [0.1, 0.15) is 12.8 Å². The molecular formula is C15H16N4. The van der Waals surface area contributed by atoms with Gasteiger partial charge in [-0.2, -0.15) is 5.10 Å². The van der Waals surface area contributed by atoms with Crippen molar-refractivity contribution >= 4 is 16.7 Å². The van der Waals surface area contributed by atoms with Gasteiger partial charge in [0, 0.05) is 41.8 Å². The van der Waals surface area contributed by atoms with Crippen LogP contribution in [-0.4, -0.2) is 20.8 Å². The van der Waals surface area contributed by atoms with Gasteiger partial charge in [0.15, 0.2) is 0 Å². The molecule has 0 bridgehead atoms. The molecule has 3 aromatic rings. The number of rotatable bonds is 3. The number of aromatic amines is 1. The molecule has 2 N–H and O–H groups in total. The van der Waals surface area contributed by atoms with Crippen molar-refractivity contribution < 1.29 is 0 Å². The summed E-state index contributed by atoms with van der Waals surface area (Å²) in [6.45, 7) is 0. The van der Waals surface area contributed by atoms with E-state index >= 15 is 0 Å². The van der Waals surface area contributed by atoms with Gasteiger partial charge < -0.3 is 9.88 Å². The minimum Gasteiger partial charge on any atom is -0.366 e. The Morgan fingerprint density at radius 3 is 3.00 bits per heavy atom. The van der Waals surface area contributed by atoms with E-state index in [1.807, 2.05) is 0 Å². The molecule has 1 aliphatic rings. The average Bonchev–Trinajstić information content (AvgIpc) is 3.01. The Bertz CT molecular complexity index is 734. The summed E-state index contributed by atoms with van der Waals surface area (Å²) in [5, 5.41) is 12.1. The van der Waals surface area contributed by atoms with E-state index in [1.54, 1.807) is 0 Å². The third kappa shape index (κ3) is 1.80. The normalized spacial score (nSPS) is 15.0. The van der Waals surface area contributed by atoms with Gasteiger partial charge in [0.2, 0.25) is 0 Å². The molecule has 1 aliphatic carbocycles. The number of H-pyrrole nitrogens is 1. The highest BCUT2D eigenvalue weighted by atomic mass is 15.2. The Kier molecular flexibility index (Phi) is 2.18. The Morgan fingerprint density at radius 1 is 1.32 bits per heavy atom. The molecule has 4 heteroatoms. The molecule has 0 saturated heterocycles. The fraction of sp³-hybridized carbons (Fsp3) is 0.267. The molecule has 0 atom stereocenters. The molecule has 0 spiro atoms. The summed E-state index contributed by atoms with van der Waals surface area (Å²) in [6.07, 6.45) is 4.67. The molecule has 0 aliphatic heterocycles. The van der Waals surface area contributed by atoms with Crippen molar-refractivity contribution in [2.75, 3.05) is 5.32 Å². The molecule has 2 heterocycles. The lowest BCUT2D eigenvalue weighted by atomic mass is 10.1. The summed E-state index contributed by atoms with van der Waals surface area (Å²) in [4.78, 5) is 0. The molecule has 96 valence electrons. The number of hydrogen-bond acceptors (Lipinski definition) is 2. The summed E-state index contributed by atoms with van der Waals surface area (Å²) >= 11 is 0. The number of nitrogens with one attached hydrogen (secondary N) is 2. The zero-order valence-corrected chi connectivity index (χ0v) is 10.9. The summed E-state index contributed by atoms with van der Waals surface area (Å²) in [5.74, 6) is 0.949. The van der Waals surface area contributed by atoms with Crippen molar-refractivity contribution in [2.24, 2.45) is 7.05 Å². The van der Waals surface area contributed by atoms with E-state index in [9.17, 15) is 0 Å². The fourth-order valence-corrected chi connectivity index (χ4v) is 2.53. The zero-order chi connectivity index (χ0) is 12.8. The quantitative estimate of drug-likeness (QED) is 0.752. The van der Waals surface area contributed by atoms with E-state index in [0.717, 1.165) is 11.5 Å². The van der Waals surface area contributed by atoms with Gasteiger partial charge in [-0.05, 0) is 18.9 Å². The molecule has 0 radical (unpaired) electrons. The van der Waals surface area contributed by atoms with Crippen molar-refractivity contribution in [3.05, 3.63) is 36.5 Å². The number of para-hydroxylation sites is 1. The van der Waals surface area contributed by atoms with Gasteiger partial charge >= 0.3 is 0 Å². The van der Waals surface area contributed by atoms with Crippen molar-refractivity contribution in [1.82, 2.24) is 14.8 Å². The largest absolute Gasteiger partial charge is 0.366 e. The van der Waals surface area contributed by atoms with Crippen LogP contribution in [0.3, 0.4) is 0 Å². The van der Waals surface area contributed by atoms with Gasteiger partial charge in [-0.25, -0.2) is 0 Å². The third-order valence-electron chi connectivity index (χ3n) is 3.69. The molecule has 1 aromatic carbocycles. The number of aryl methyl sites for hydroxylation is 1. The van der Waals surface area contributed by atoms with E-state index in [0.29, 0.717) is 6.04 Å². The maximum absolute atomic E-state index is 4.34. The van der Waals surface area contributed by atoms with Crippen LogP contribution < -0.4 is 5.32 Å². The van der Waals surface area contributed by atoms with Crippen molar-refractivity contribution in [3.63, 3.8) is 0 Å². The van der Waals surface area contributed by atoms with Crippen LogP contribution in [0.2, 0.25) is 0 Å². The first-order valence-electron chi connectivity index (χ1n) is 6.67. The predicted octanol–water partition coefficient (Wildman–Crippen LogP) is 3.14. The number of anilines is 1. The zero-order valence-electron chi connectivity index (χ0n) is 10.9. The molecule has 1 fully saturated rings. The number of fused-ring (bicyclic) bond motifs is 1. The highest BCUT2D eigenvalue weighted by Crippen LogP contribution is 2.31. The third-order valence-corrected chi connectivity index (χ3v) is 3.69. The molecule has 0 unspecified atom stereocenters. The Morgan fingerprint density at radius 2 is 2.16 bits per heavy atom. The first-order chi connectivity index (χ1) is 9.31. The van der Waals surface area contributed by atoms with E-state index in [-0.39, 0.29) is 0 Å². The lowest BCUT2D eigenvalue weighted by Gasteiger charge is -1.96. The number of aromatic nitrogens is 3. The number of hydrogen-bond donors (Lipinski definition) is 2. The second-order valence-corrected chi connectivity index (χ2v) is 5.26. The number of benzene rings is 1. The van der Waals surface area contributed by atoms with Gasteiger partial charge in [-0.3, -0.25) is 5.10 Å². The standard InChI is InChI=1S/C15H16N4/c1-19-9-12(11-4-2-3-5-14(11)19)13-8-15(18-17-13)16-10-6-7-10/h2-5,8-10H,6-7H2,1H3,(H2,16,17,18). The monoisotopic (exact) mass is 252 g/mol. The maximum Gasteiger partial charge on any atom is 0.148 e. The minimum absolute atomic E-state index is 0.628. The van der Waals surface area contributed by atoms with Crippen LogP contribution >= 0.6 is 0 Å². The Hall–Kier alpha value is -2.23. The SMILES string of the molecule is Cn1cc(-c2cc(NC3CC3)n[nH]2)c2ccccc21.